The highest BCUT2D eigenvalue weighted by Crippen LogP contribution is 2.65. The number of alkyl halides is 21. The van der Waals surface area contributed by atoms with Crippen LogP contribution in [0.1, 0.15) is 19.3 Å². The third-order valence-electron chi connectivity index (χ3n) is 6.56. The molecule has 0 N–H and O–H groups in total. The van der Waals surface area contributed by atoms with Gasteiger partial charge >= 0.3 is 80.2 Å². The van der Waals surface area contributed by atoms with Crippen LogP contribution in [-0.4, -0.2) is 103 Å². The van der Waals surface area contributed by atoms with Crippen molar-refractivity contribution in [3.8, 4) is 0 Å². The van der Waals surface area contributed by atoms with Crippen LogP contribution < -0.4 is 0 Å². The highest BCUT2D eigenvalue weighted by atomic mass is 28.5. The zero-order valence-electron chi connectivity index (χ0n) is 29.6. The van der Waals surface area contributed by atoms with Crippen LogP contribution in [0.15, 0.2) is 12.2 Å². The number of esters is 2. The van der Waals surface area contributed by atoms with Gasteiger partial charge in [-0.2, -0.15) is 92.2 Å². The van der Waals surface area contributed by atoms with E-state index in [2.05, 4.69) is 9.47 Å². The smallest absolute Gasteiger partial charge is 0.463 e. The monoisotopic (exact) mass is 924 g/mol. The lowest BCUT2D eigenvalue weighted by Gasteiger charge is -2.44. The molecular weight excluding hydrogens is 891 g/mol. The van der Waals surface area contributed by atoms with E-state index in [1.54, 1.807) is 6.55 Å². The van der Waals surface area contributed by atoms with Crippen molar-refractivity contribution in [2.45, 2.75) is 131 Å². The summed E-state index contributed by atoms with van der Waals surface area (Å²) in [5.41, 5.74) is 0. The molecule has 30 heteroatoms. The molecule has 0 fully saturated rings. The van der Waals surface area contributed by atoms with E-state index in [0.717, 1.165) is 0 Å². The number of carbonyl (C=O) groups excluding carboxylic acids is 2. The van der Waals surface area contributed by atoms with Crippen LogP contribution >= 0.6 is 0 Å². The first kappa shape index (κ1) is 53.8. The lowest BCUT2D eigenvalue weighted by molar-refractivity contribution is -0.474. The van der Waals surface area contributed by atoms with Gasteiger partial charge in [-0.15, -0.1) is 0 Å². The van der Waals surface area contributed by atoms with Gasteiger partial charge in [-0.3, -0.25) is 0 Å². The lowest BCUT2D eigenvalue weighted by atomic mass is 9.86. The third-order valence-corrected chi connectivity index (χ3v) is 16.2. The van der Waals surface area contributed by atoms with Crippen LogP contribution in [0.5, 0.6) is 0 Å². The fraction of sp³-hybridized carbons (Fsp3) is 0.846. The van der Waals surface area contributed by atoms with E-state index < -0.39 is 122 Å². The minimum Gasteiger partial charge on any atom is -0.463 e. The Balaban J connectivity index is 6.20. The Morgan fingerprint density at radius 3 is 1.18 bits per heavy atom. The van der Waals surface area contributed by atoms with E-state index in [0.29, 0.717) is 0 Å². The quantitative estimate of drug-likeness (QED) is 0.0376. The predicted molar refractivity (Wildman–Crippen MR) is 156 cm³/mol. The molecule has 0 radical (unpaired) electrons. The summed E-state index contributed by atoms with van der Waals surface area (Å²) < 4.78 is 306. The molecule has 0 aliphatic heterocycles. The van der Waals surface area contributed by atoms with Gasteiger partial charge in [-0.1, -0.05) is 0 Å². The van der Waals surface area contributed by atoms with Gasteiger partial charge < -0.3 is 17.7 Å². The zero-order valence-corrected chi connectivity index (χ0v) is 32.6. The van der Waals surface area contributed by atoms with Crippen LogP contribution in [0.4, 0.5) is 92.2 Å². The number of hydrogen-bond acceptors (Lipinski definition) is 6. The van der Waals surface area contributed by atoms with Gasteiger partial charge in [-0.25, -0.2) is 9.59 Å². The van der Waals surface area contributed by atoms with Gasteiger partial charge in [0, 0.05) is 25.0 Å². The van der Waals surface area contributed by atoms with Crippen molar-refractivity contribution >= 4 is 37.1 Å². The standard InChI is InChI=1S/C26H33F21O6Si3/c1-54(2,3)52-56(7,53-55(4,5)6)14-8-13-50-15(48)9-10-16(49)51-26(46,47)25(44,45)24(42,43)23(40,41)22(38,39)21(36,37)20(34,35)19(32,33)17(27,28)11-12-18(29,30)31/h9-10H,8,11-14H2,1-7H3/b10-9+. The van der Waals surface area contributed by atoms with Gasteiger partial charge in [0.05, 0.1) is 6.61 Å². The van der Waals surface area contributed by atoms with E-state index >= 15 is 0 Å². The summed E-state index contributed by atoms with van der Waals surface area (Å²) in [4.78, 5) is 23.4. The average Bonchev–Trinajstić information content (AvgIpc) is 2.93. The summed E-state index contributed by atoms with van der Waals surface area (Å²) in [7, 11) is -7.31. The molecule has 0 aliphatic carbocycles. The molecule has 0 rings (SSSR count). The van der Waals surface area contributed by atoms with Gasteiger partial charge in [-0.05, 0) is 58.3 Å². The molecular formula is C26H33F21O6Si3. The lowest BCUT2D eigenvalue weighted by Crippen LogP contribution is -2.76. The molecule has 0 saturated carbocycles. The molecule has 0 saturated heterocycles. The minimum atomic E-state index is -9.19. The Bertz CT molecular complexity index is 1390. The molecule has 0 aromatic carbocycles. The Morgan fingerprint density at radius 2 is 0.821 bits per heavy atom. The Kier molecular flexibility index (Phi) is 15.8. The summed E-state index contributed by atoms with van der Waals surface area (Å²) in [5.74, 6) is -73.8. The largest absolute Gasteiger partial charge is 0.473 e. The van der Waals surface area contributed by atoms with E-state index in [1.165, 1.54) is 0 Å². The molecule has 0 bridgehead atoms. The first-order valence-electron chi connectivity index (χ1n) is 15.1. The van der Waals surface area contributed by atoms with Crippen molar-refractivity contribution in [1.29, 1.82) is 0 Å². The molecule has 0 heterocycles. The van der Waals surface area contributed by atoms with Gasteiger partial charge in [0.2, 0.25) is 0 Å². The number of ether oxygens (including phenoxy) is 2. The van der Waals surface area contributed by atoms with E-state index in [4.69, 9.17) is 8.23 Å². The normalized spacial score (nSPS) is 15.7. The van der Waals surface area contributed by atoms with Gasteiger partial charge in [0.15, 0.2) is 16.6 Å². The molecule has 0 amide bonds. The summed E-state index contributed by atoms with van der Waals surface area (Å²) in [6.07, 6.45) is -21.3. The van der Waals surface area contributed by atoms with Crippen molar-refractivity contribution < 1.29 is 119 Å². The Hall–Kier alpha value is -2.22. The second-order valence-electron chi connectivity index (χ2n) is 13.9. The van der Waals surface area contributed by atoms with Crippen molar-refractivity contribution in [3.63, 3.8) is 0 Å². The molecule has 6 nitrogen and oxygen atoms in total. The molecule has 0 atom stereocenters. The van der Waals surface area contributed by atoms with E-state index in [1.807, 2.05) is 39.3 Å². The van der Waals surface area contributed by atoms with Gasteiger partial charge in [0.25, 0.3) is 0 Å². The van der Waals surface area contributed by atoms with Crippen molar-refractivity contribution in [2.75, 3.05) is 6.61 Å². The summed E-state index contributed by atoms with van der Waals surface area (Å²) in [5, 5.41) is 0. The molecule has 332 valence electrons. The topological polar surface area (TPSA) is 71.1 Å². The molecule has 0 aliphatic rings. The van der Waals surface area contributed by atoms with Crippen molar-refractivity contribution in [2.24, 2.45) is 0 Å². The summed E-state index contributed by atoms with van der Waals surface area (Å²) >= 11 is 0. The summed E-state index contributed by atoms with van der Waals surface area (Å²) in [6.45, 7) is 12.2. The van der Waals surface area contributed by atoms with Crippen LogP contribution in [0.2, 0.25) is 51.9 Å². The fourth-order valence-corrected chi connectivity index (χ4v) is 16.8. The maximum Gasteiger partial charge on any atom is 0.473 e. The maximum absolute atomic E-state index is 14.1. The summed E-state index contributed by atoms with van der Waals surface area (Å²) in [6, 6.07) is 0.181. The highest BCUT2D eigenvalue weighted by Gasteiger charge is 2.96. The van der Waals surface area contributed by atoms with Crippen LogP contribution in [0, 0.1) is 0 Å². The van der Waals surface area contributed by atoms with Gasteiger partial charge in [0.1, 0.15) is 0 Å². The van der Waals surface area contributed by atoms with E-state index in [9.17, 15) is 102 Å². The van der Waals surface area contributed by atoms with Crippen LogP contribution in [0.3, 0.4) is 0 Å². The zero-order chi connectivity index (χ0) is 45.4. The maximum atomic E-state index is 14.1. The average molecular weight is 925 g/mol. The first-order chi connectivity index (χ1) is 24.1. The number of hydrogen-bond donors (Lipinski definition) is 0. The Morgan fingerprint density at radius 1 is 0.482 bits per heavy atom. The second-order valence-corrected chi connectivity index (χ2v) is 26.8. The molecule has 0 aromatic rings. The SMILES string of the molecule is C[Si](C)(C)O[Si](C)(CCCOC(=O)/C=C/C(=O)OC(F)(F)C(F)(F)C(F)(F)C(F)(F)C(F)(F)C(F)(F)C(F)(F)C(F)(F)C(F)(F)CCC(F)(F)F)O[Si](C)(C)C. The fourth-order valence-electron chi connectivity index (χ4n) is 4.25. The number of rotatable bonds is 21. The molecule has 56 heavy (non-hydrogen) atoms. The molecule has 0 unspecified atom stereocenters. The van der Waals surface area contributed by atoms with E-state index in [-0.39, 0.29) is 18.5 Å². The first-order valence-corrected chi connectivity index (χ1v) is 24.4. The van der Waals surface area contributed by atoms with Crippen LogP contribution in [-0.2, 0) is 27.3 Å². The number of halogens is 21. The second kappa shape index (κ2) is 16.4. The predicted octanol–water partition coefficient (Wildman–Crippen LogP) is 10.8. The third kappa shape index (κ3) is 11.7. The Labute approximate surface area is 306 Å². The van der Waals surface area contributed by atoms with Crippen molar-refractivity contribution in [3.05, 3.63) is 12.2 Å². The van der Waals surface area contributed by atoms with Crippen molar-refractivity contribution in [1.82, 2.24) is 0 Å². The molecule has 0 spiro atoms. The number of carbonyl (C=O) groups is 2. The van der Waals surface area contributed by atoms with Crippen LogP contribution in [0.25, 0.3) is 0 Å². The molecule has 0 aromatic heterocycles. The minimum absolute atomic E-state index is 0.0109. The highest BCUT2D eigenvalue weighted by molar-refractivity contribution is 6.87.